The summed E-state index contributed by atoms with van der Waals surface area (Å²) in [5.41, 5.74) is 0.938. The summed E-state index contributed by atoms with van der Waals surface area (Å²) in [5.74, 6) is 0.488. The fourth-order valence-corrected chi connectivity index (χ4v) is 1.53. The number of likely N-dealkylation sites (N-methyl/N-ethyl adjacent to an activating group) is 1. The maximum Gasteiger partial charge on any atom is 0.330 e. The molecule has 20 heavy (non-hydrogen) atoms. The van der Waals surface area contributed by atoms with Crippen LogP contribution < -0.4 is 9.64 Å². The van der Waals surface area contributed by atoms with Crippen molar-refractivity contribution in [3.8, 4) is 5.75 Å². The molecule has 0 radical (unpaired) electrons. The number of quaternary nitrogens is 1. The maximum absolute atomic E-state index is 11.5. The zero-order valence-electron chi connectivity index (χ0n) is 12.7. The Kier molecular flexibility index (Phi) is 6.81. The molecule has 1 atom stereocenters. The van der Waals surface area contributed by atoms with E-state index in [0.29, 0.717) is 12.6 Å². The fourth-order valence-electron chi connectivity index (χ4n) is 1.53. The molecule has 0 heterocycles. The maximum atomic E-state index is 11.5. The van der Waals surface area contributed by atoms with Gasteiger partial charge in [-0.15, -0.1) is 0 Å². The van der Waals surface area contributed by atoms with E-state index in [1.165, 1.54) is 11.0 Å². The number of nitrogens with one attached hydrogen (secondary N) is 1. The number of benzene rings is 1. The van der Waals surface area contributed by atoms with Gasteiger partial charge in [0, 0.05) is 6.08 Å². The lowest BCUT2D eigenvalue weighted by Gasteiger charge is -2.17. The Hall–Kier alpha value is -1.81. The van der Waals surface area contributed by atoms with Crippen LogP contribution in [0.5, 0.6) is 5.75 Å². The normalized spacial score (nSPS) is 12.7. The van der Waals surface area contributed by atoms with E-state index < -0.39 is 0 Å². The van der Waals surface area contributed by atoms with E-state index in [-0.39, 0.29) is 5.97 Å². The van der Waals surface area contributed by atoms with E-state index in [1.54, 1.807) is 13.2 Å². The molecule has 4 nitrogen and oxygen atoms in total. The van der Waals surface area contributed by atoms with Crippen LogP contribution in [-0.2, 0) is 9.53 Å². The zero-order chi connectivity index (χ0) is 15.0. The molecule has 0 aliphatic heterocycles. The van der Waals surface area contributed by atoms with Gasteiger partial charge in [0.1, 0.15) is 18.9 Å². The smallest absolute Gasteiger partial charge is 0.330 e. The summed E-state index contributed by atoms with van der Waals surface area (Å²) >= 11 is 0. The third-order valence-corrected chi connectivity index (χ3v) is 3.25. The summed E-state index contributed by atoms with van der Waals surface area (Å²) in [4.78, 5) is 12.9. The second-order valence-electron chi connectivity index (χ2n) is 5.03. The molecule has 0 aliphatic rings. The standard InChI is InChI=1S/C16H23NO3/c1-13(2)17(3)11-12-20-16(18)10-7-14-5-8-15(19-4)9-6-14/h5-10,13H,11-12H2,1-4H3/p+1/b10-7+. The highest BCUT2D eigenvalue weighted by Crippen LogP contribution is 2.12. The van der Waals surface area contributed by atoms with Gasteiger partial charge in [-0.2, -0.15) is 0 Å². The lowest BCUT2D eigenvalue weighted by Crippen LogP contribution is -3.12. The number of carbonyl (C=O) groups is 1. The van der Waals surface area contributed by atoms with E-state index in [4.69, 9.17) is 9.47 Å². The second-order valence-corrected chi connectivity index (χ2v) is 5.03. The van der Waals surface area contributed by atoms with E-state index >= 15 is 0 Å². The Bertz CT molecular complexity index is 438. The number of hydrogen-bond donors (Lipinski definition) is 1. The van der Waals surface area contributed by atoms with Crippen molar-refractivity contribution in [2.75, 3.05) is 27.3 Å². The lowest BCUT2D eigenvalue weighted by atomic mass is 10.2. The largest absolute Gasteiger partial charge is 0.497 e. The van der Waals surface area contributed by atoms with Crippen molar-refractivity contribution in [1.82, 2.24) is 0 Å². The van der Waals surface area contributed by atoms with Crippen LogP contribution in [0.3, 0.4) is 0 Å². The van der Waals surface area contributed by atoms with Gasteiger partial charge in [0.05, 0.1) is 20.2 Å². The first-order chi connectivity index (χ1) is 9.52. The molecule has 4 heteroatoms. The molecule has 1 aromatic carbocycles. The second kappa shape index (κ2) is 8.38. The monoisotopic (exact) mass is 278 g/mol. The third kappa shape index (κ3) is 5.89. The van der Waals surface area contributed by atoms with E-state index in [0.717, 1.165) is 17.9 Å². The van der Waals surface area contributed by atoms with Crippen LogP contribution in [0.1, 0.15) is 19.4 Å². The predicted molar refractivity (Wildman–Crippen MR) is 79.9 cm³/mol. The minimum atomic E-state index is -0.308. The summed E-state index contributed by atoms with van der Waals surface area (Å²) < 4.78 is 10.2. The molecule has 0 amide bonds. The molecule has 0 saturated carbocycles. The van der Waals surface area contributed by atoms with Crippen molar-refractivity contribution in [2.24, 2.45) is 0 Å². The van der Waals surface area contributed by atoms with Crippen LogP contribution in [0.15, 0.2) is 30.3 Å². The summed E-state index contributed by atoms with van der Waals surface area (Å²) in [6, 6.07) is 8.01. The molecule has 0 aromatic heterocycles. The third-order valence-electron chi connectivity index (χ3n) is 3.25. The van der Waals surface area contributed by atoms with Gasteiger partial charge in [0.25, 0.3) is 0 Å². The number of carbonyl (C=O) groups excluding carboxylic acids is 1. The van der Waals surface area contributed by atoms with Crippen LogP contribution in [0, 0.1) is 0 Å². The van der Waals surface area contributed by atoms with E-state index in [2.05, 4.69) is 20.9 Å². The van der Waals surface area contributed by atoms with Crippen molar-refractivity contribution in [3.63, 3.8) is 0 Å². The Labute approximate surface area is 121 Å². The molecular weight excluding hydrogens is 254 g/mol. The molecular formula is C16H24NO3+. The SMILES string of the molecule is COc1ccc(/C=C/C(=O)OCC[NH+](C)C(C)C)cc1. The van der Waals surface area contributed by atoms with Crippen molar-refractivity contribution >= 4 is 12.0 Å². The molecule has 1 unspecified atom stereocenters. The van der Waals surface area contributed by atoms with Gasteiger partial charge in [0.2, 0.25) is 0 Å². The van der Waals surface area contributed by atoms with Gasteiger partial charge in [0.15, 0.2) is 0 Å². The first-order valence-electron chi connectivity index (χ1n) is 6.84. The Morgan fingerprint density at radius 2 is 1.95 bits per heavy atom. The summed E-state index contributed by atoms with van der Waals surface area (Å²) in [7, 11) is 3.71. The molecule has 1 rings (SSSR count). The highest BCUT2D eigenvalue weighted by molar-refractivity contribution is 5.87. The van der Waals surface area contributed by atoms with E-state index in [9.17, 15) is 4.79 Å². The van der Waals surface area contributed by atoms with Gasteiger partial charge in [-0.05, 0) is 37.6 Å². The Morgan fingerprint density at radius 3 is 2.50 bits per heavy atom. The van der Waals surface area contributed by atoms with Crippen molar-refractivity contribution in [3.05, 3.63) is 35.9 Å². The number of esters is 1. The fraction of sp³-hybridized carbons (Fsp3) is 0.438. The highest BCUT2D eigenvalue weighted by atomic mass is 16.5. The number of rotatable bonds is 7. The van der Waals surface area contributed by atoms with Crippen LogP contribution in [-0.4, -0.2) is 39.3 Å². The zero-order valence-corrected chi connectivity index (χ0v) is 12.7. The summed E-state index contributed by atoms with van der Waals surface area (Å²) in [6.07, 6.45) is 3.19. The predicted octanol–water partition coefficient (Wildman–Crippen LogP) is 1.17. The van der Waals surface area contributed by atoms with Gasteiger partial charge in [-0.25, -0.2) is 4.79 Å². The topological polar surface area (TPSA) is 40.0 Å². The van der Waals surface area contributed by atoms with E-state index in [1.807, 2.05) is 24.3 Å². The first-order valence-corrected chi connectivity index (χ1v) is 6.84. The molecule has 0 aliphatic carbocycles. The van der Waals surface area contributed by atoms with Crippen LogP contribution in [0.25, 0.3) is 6.08 Å². The summed E-state index contributed by atoms with van der Waals surface area (Å²) in [6.45, 7) is 5.54. The van der Waals surface area contributed by atoms with Gasteiger partial charge in [-0.1, -0.05) is 12.1 Å². The number of ether oxygens (including phenoxy) is 2. The van der Waals surface area contributed by atoms with Crippen LogP contribution in [0.4, 0.5) is 0 Å². The lowest BCUT2D eigenvalue weighted by molar-refractivity contribution is -0.901. The van der Waals surface area contributed by atoms with Crippen LogP contribution in [0.2, 0.25) is 0 Å². The molecule has 1 aromatic rings. The van der Waals surface area contributed by atoms with Crippen molar-refractivity contribution < 1.29 is 19.2 Å². The quantitative estimate of drug-likeness (QED) is 0.601. The van der Waals surface area contributed by atoms with Gasteiger partial charge < -0.3 is 14.4 Å². The average molecular weight is 278 g/mol. The number of methoxy groups -OCH3 is 1. The summed E-state index contributed by atoms with van der Waals surface area (Å²) in [5, 5.41) is 0. The van der Waals surface area contributed by atoms with Gasteiger partial charge in [-0.3, -0.25) is 0 Å². The molecule has 0 saturated heterocycles. The minimum Gasteiger partial charge on any atom is -0.497 e. The molecule has 0 spiro atoms. The van der Waals surface area contributed by atoms with Gasteiger partial charge >= 0.3 is 5.97 Å². The molecule has 1 N–H and O–H groups in total. The minimum absolute atomic E-state index is 0.308. The highest BCUT2D eigenvalue weighted by Gasteiger charge is 2.07. The molecule has 0 fully saturated rings. The molecule has 110 valence electrons. The van der Waals surface area contributed by atoms with Crippen molar-refractivity contribution in [2.45, 2.75) is 19.9 Å². The number of hydrogen-bond acceptors (Lipinski definition) is 3. The Morgan fingerprint density at radius 1 is 1.30 bits per heavy atom. The van der Waals surface area contributed by atoms with Crippen molar-refractivity contribution in [1.29, 1.82) is 0 Å². The average Bonchev–Trinajstić information content (AvgIpc) is 2.45. The first kappa shape index (κ1) is 16.2. The molecule has 0 bridgehead atoms. The Balaban J connectivity index is 2.35. The van der Waals surface area contributed by atoms with Crippen LogP contribution >= 0.6 is 0 Å².